The molecule has 0 aromatic heterocycles. The second kappa shape index (κ2) is 6.55. The van der Waals surface area contributed by atoms with Crippen molar-refractivity contribution in [3.05, 3.63) is 27.7 Å². The predicted molar refractivity (Wildman–Crippen MR) is 87.6 cm³/mol. The topological polar surface area (TPSA) is 55.6 Å². The first-order valence-electron chi connectivity index (χ1n) is 6.95. The normalized spacial score (nSPS) is 23.2. The fourth-order valence-corrected chi connectivity index (χ4v) is 3.22. The Bertz CT molecular complexity index is 540. The number of nitrogens with zero attached hydrogens (tertiary/aromatic N) is 1. The summed E-state index contributed by atoms with van der Waals surface area (Å²) < 4.78 is 6.49. The summed E-state index contributed by atoms with van der Waals surface area (Å²) in [4.78, 5) is 14.3. The molecule has 1 aliphatic heterocycles. The van der Waals surface area contributed by atoms with Gasteiger partial charge in [-0.05, 0) is 59.4 Å². The third-order valence-corrected chi connectivity index (χ3v) is 4.76. The molecule has 1 aliphatic rings. The van der Waals surface area contributed by atoms with E-state index >= 15 is 0 Å². The van der Waals surface area contributed by atoms with Gasteiger partial charge in [0.05, 0.1) is 4.47 Å². The van der Waals surface area contributed by atoms with Crippen molar-refractivity contribution in [3.63, 3.8) is 0 Å². The van der Waals surface area contributed by atoms with E-state index < -0.39 is 6.10 Å². The van der Waals surface area contributed by atoms with E-state index in [4.69, 9.17) is 22.1 Å². The van der Waals surface area contributed by atoms with Gasteiger partial charge in [-0.3, -0.25) is 4.79 Å². The van der Waals surface area contributed by atoms with Gasteiger partial charge in [-0.1, -0.05) is 18.5 Å². The summed E-state index contributed by atoms with van der Waals surface area (Å²) in [6, 6.07) is 5.24. The van der Waals surface area contributed by atoms with Gasteiger partial charge in [-0.2, -0.15) is 0 Å². The van der Waals surface area contributed by atoms with E-state index in [0.29, 0.717) is 23.9 Å². The van der Waals surface area contributed by atoms with Crippen molar-refractivity contribution in [2.24, 2.45) is 11.1 Å². The van der Waals surface area contributed by atoms with Crippen molar-refractivity contribution in [1.82, 2.24) is 4.90 Å². The van der Waals surface area contributed by atoms with Crippen LogP contribution in [0.1, 0.15) is 20.3 Å². The smallest absolute Gasteiger partial charge is 0.263 e. The zero-order valence-corrected chi connectivity index (χ0v) is 14.6. The summed E-state index contributed by atoms with van der Waals surface area (Å²) in [7, 11) is 0. The molecule has 1 aromatic rings. The van der Waals surface area contributed by atoms with Crippen LogP contribution in [0.4, 0.5) is 0 Å². The van der Waals surface area contributed by atoms with Crippen LogP contribution in [0.5, 0.6) is 5.75 Å². The van der Waals surface area contributed by atoms with Gasteiger partial charge in [0, 0.05) is 18.1 Å². The molecule has 0 saturated carbocycles. The van der Waals surface area contributed by atoms with Crippen LogP contribution in [0.25, 0.3) is 0 Å². The van der Waals surface area contributed by atoms with Gasteiger partial charge >= 0.3 is 0 Å². The van der Waals surface area contributed by atoms with Crippen LogP contribution in [0, 0.1) is 5.41 Å². The average molecular weight is 376 g/mol. The molecule has 21 heavy (non-hydrogen) atoms. The van der Waals surface area contributed by atoms with Gasteiger partial charge in [0.25, 0.3) is 5.91 Å². The molecule has 2 unspecified atom stereocenters. The molecule has 1 heterocycles. The number of amides is 1. The van der Waals surface area contributed by atoms with Crippen LogP contribution in [-0.2, 0) is 4.79 Å². The zero-order chi connectivity index (χ0) is 15.6. The van der Waals surface area contributed by atoms with E-state index in [9.17, 15) is 4.79 Å². The highest BCUT2D eigenvalue weighted by Crippen LogP contribution is 2.31. The van der Waals surface area contributed by atoms with Crippen molar-refractivity contribution in [2.75, 3.05) is 19.6 Å². The quantitative estimate of drug-likeness (QED) is 0.880. The Kier molecular flexibility index (Phi) is 5.17. The maximum Gasteiger partial charge on any atom is 0.263 e. The third-order valence-electron chi connectivity index (χ3n) is 3.91. The number of hydrogen-bond donors (Lipinski definition) is 1. The Balaban J connectivity index is 2.00. The molecule has 1 amide bonds. The predicted octanol–water partition coefficient (Wildman–Crippen LogP) is 3.07. The van der Waals surface area contributed by atoms with Gasteiger partial charge in [-0.25, -0.2) is 0 Å². The van der Waals surface area contributed by atoms with Crippen molar-refractivity contribution in [1.29, 1.82) is 0 Å². The Morgan fingerprint density at radius 2 is 2.33 bits per heavy atom. The lowest BCUT2D eigenvalue weighted by molar-refractivity contribution is -0.137. The van der Waals surface area contributed by atoms with E-state index in [-0.39, 0.29) is 11.3 Å². The summed E-state index contributed by atoms with van der Waals surface area (Å²) in [5.41, 5.74) is 5.80. The van der Waals surface area contributed by atoms with Crippen LogP contribution in [0.15, 0.2) is 22.7 Å². The average Bonchev–Trinajstić information content (AvgIpc) is 2.84. The highest BCUT2D eigenvalue weighted by molar-refractivity contribution is 9.10. The summed E-state index contributed by atoms with van der Waals surface area (Å²) in [6.45, 7) is 5.90. The molecule has 6 heteroatoms. The summed E-state index contributed by atoms with van der Waals surface area (Å²) in [5.74, 6) is 0.607. The van der Waals surface area contributed by atoms with Gasteiger partial charge in [-0.15, -0.1) is 0 Å². The van der Waals surface area contributed by atoms with Gasteiger partial charge in [0.2, 0.25) is 0 Å². The van der Waals surface area contributed by atoms with Crippen molar-refractivity contribution >= 4 is 33.4 Å². The van der Waals surface area contributed by atoms with Gasteiger partial charge in [0.1, 0.15) is 5.75 Å². The van der Waals surface area contributed by atoms with Crippen LogP contribution in [-0.4, -0.2) is 36.5 Å². The van der Waals surface area contributed by atoms with E-state index in [2.05, 4.69) is 22.9 Å². The number of carbonyl (C=O) groups excluding carboxylic acids is 1. The molecule has 116 valence electrons. The first-order valence-corrected chi connectivity index (χ1v) is 8.12. The number of benzene rings is 1. The molecule has 4 nitrogen and oxygen atoms in total. The van der Waals surface area contributed by atoms with Crippen LogP contribution < -0.4 is 10.5 Å². The summed E-state index contributed by atoms with van der Waals surface area (Å²) in [5, 5.41) is 0.617. The highest BCUT2D eigenvalue weighted by Gasteiger charge is 2.36. The van der Waals surface area contributed by atoms with Gasteiger partial charge in [0.15, 0.2) is 6.10 Å². The maximum absolute atomic E-state index is 12.5. The van der Waals surface area contributed by atoms with Crippen molar-refractivity contribution in [2.45, 2.75) is 26.4 Å². The molecule has 2 N–H and O–H groups in total. The second-order valence-electron chi connectivity index (χ2n) is 5.86. The Hall–Kier alpha value is -0.780. The lowest BCUT2D eigenvalue weighted by Gasteiger charge is -2.25. The Morgan fingerprint density at radius 1 is 1.62 bits per heavy atom. The number of ether oxygens (including phenoxy) is 1. The number of carbonyl (C=O) groups is 1. The minimum Gasteiger partial charge on any atom is -0.480 e. The molecular weight excluding hydrogens is 356 g/mol. The molecule has 1 fully saturated rings. The molecule has 1 aromatic carbocycles. The number of nitrogens with two attached hydrogens (primary N) is 1. The molecule has 0 aliphatic carbocycles. The van der Waals surface area contributed by atoms with Crippen LogP contribution >= 0.6 is 27.5 Å². The number of likely N-dealkylation sites (tertiary alicyclic amines) is 1. The largest absolute Gasteiger partial charge is 0.480 e. The van der Waals surface area contributed by atoms with Gasteiger partial charge < -0.3 is 15.4 Å². The summed E-state index contributed by atoms with van der Waals surface area (Å²) in [6.07, 6.45) is 0.398. The third kappa shape index (κ3) is 3.90. The Morgan fingerprint density at radius 3 is 2.90 bits per heavy atom. The van der Waals surface area contributed by atoms with Crippen LogP contribution in [0.2, 0.25) is 5.02 Å². The molecular formula is C15H20BrClN2O2. The zero-order valence-electron chi connectivity index (χ0n) is 12.2. The minimum atomic E-state index is -0.539. The maximum atomic E-state index is 12.5. The number of rotatable bonds is 4. The lowest BCUT2D eigenvalue weighted by Crippen LogP contribution is -2.41. The standard InChI is InChI=1S/C15H20BrClN2O2/c1-10(21-13-4-3-11(17)7-12(13)16)14(20)19-6-5-15(2,8-18)9-19/h3-4,7,10H,5-6,8-9,18H2,1-2H3. The van der Waals surface area contributed by atoms with Crippen molar-refractivity contribution < 1.29 is 9.53 Å². The van der Waals surface area contributed by atoms with Crippen LogP contribution in [0.3, 0.4) is 0 Å². The molecule has 0 radical (unpaired) electrons. The number of halogens is 2. The monoisotopic (exact) mass is 374 g/mol. The first-order chi connectivity index (χ1) is 9.84. The molecule has 2 rings (SSSR count). The summed E-state index contributed by atoms with van der Waals surface area (Å²) >= 11 is 9.28. The molecule has 1 saturated heterocycles. The lowest BCUT2D eigenvalue weighted by atomic mass is 9.90. The van der Waals surface area contributed by atoms with E-state index in [0.717, 1.165) is 17.4 Å². The minimum absolute atomic E-state index is 0.00553. The molecule has 2 atom stereocenters. The highest BCUT2D eigenvalue weighted by atomic mass is 79.9. The second-order valence-corrected chi connectivity index (χ2v) is 7.15. The fraction of sp³-hybridized carbons (Fsp3) is 0.533. The SMILES string of the molecule is CC(Oc1ccc(Cl)cc1Br)C(=O)N1CCC(C)(CN)C1. The molecule has 0 spiro atoms. The molecule has 0 bridgehead atoms. The first kappa shape index (κ1) is 16.6. The Labute approximate surface area is 138 Å². The number of hydrogen-bond acceptors (Lipinski definition) is 3. The van der Waals surface area contributed by atoms with Crippen molar-refractivity contribution in [3.8, 4) is 5.75 Å². The van der Waals surface area contributed by atoms with E-state index in [1.165, 1.54) is 0 Å². The fourth-order valence-electron chi connectivity index (χ4n) is 2.45. The van der Waals surface area contributed by atoms with E-state index in [1.54, 1.807) is 25.1 Å². The van der Waals surface area contributed by atoms with E-state index in [1.807, 2.05) is 4.90 Å².